The van der Waals surface area contributed by atoms with E-state index in [2.05, 4.69) is 15.6 Å². The molecule has 0 aliphatic carbocycles. The van der Waals surface area contributed by atoms with Gasteiger partial charge in [0.2, 0.25) is 5.91 Å². The van der Waals surface area contributed by atoms with Gasteiger partial charge in [0, 0.05) is 7.11 Å². The van der Waals surface area contributed by atoms with Gasteiger partial charge in [0.05, 0.1) is 16.4 Å². The molecular weight excluding hydrogens is 300 g/mol. The van der Waals surface area contributed by atoms with Crippen molar-refractivity contribution in [3.63, 3.8) is 0 Å². The first-order valence-corrected chi connectivity index (χ1v) is 7.07. The lowest BCUT2D eigenvalue weighted by molar-refractivity contribution is -0.119. The van der Waals surface area contributed by atoms with Crippen LogP contribution in [0.15, 0.2) is 23.2 Å². The molecule has 106 valence electrons. The van der Waals surface area contributed by atoms with E-state index in [1.165, 1.54) is 18.9 Å². The molecule has 0 saturated heterocycles. The van der Waals surface area contributed by atoms with Gasteiger partial charge in [-0.05, 0) is 24.5 Å². The van der Waals surface area contributed by atoms with Gasteiger partial charge in [0.15, 0.2) is 11.4 Å². The zero-order valence-electron chi connectivity index (χ0n) is 10.9. The van der Waals surface area contributed by atoms with Crippen LogP contribution in [-0.4, -0.2) is 31.0 Å². The zero-order chi connectivity index (χ0) is 15.0. The smallest absolute Gasteiger partial charge is 0.250 e. The van der Waals surface area contributed by atoms with Crippen LogP contribution in [0.25, 0.3) is 0 Å². The summed E-state index contributed by atoms with van der Waals surface area (Å²) in [5.41, 5.74) is 1.05. The lowest BCUT2D eigenvalue weighted by Gasteiger charge is -2.07. The van der Waals surface area contributed by atoms with Crippen LogP contribution in [0.4, 0.5) is 11.4 Å². The molecule has 0 bridgehead atoms. The molecule has 1 rings (SSSR count). The van der Waals surface area contributed by atoms with Crippen LogP contribution in [0.5, 0.6) is 0 Å². The molecule has 0 aliphatic heterocycles. The van der Waals surface area contributed by atoms with Crippen molar-refractivity contribution < 1.29 is 9.53 Å². The lowest BCUT2D eigenvalue weighted by Crippen LogP contribution is -2.17. The van der Waals surface area contributed by atoms with Gasteiger partial charge < -0.3 is 10.1 Å². The largest absolute Gasteiger partial charge is 0.375 e. The number of hydrogen-bond acceptors (Lipinski definition) is 5. The molecule has 2 N–H and O–H groups in total. The van der Waals surface area contributed by atoms with Crippen LogP contribution in [0, 0.1) is 11.5 Å². The van der Waals surface area contributed by atoms with Crippen LogP contribution < -0.4 is 10.6 Å². The maximum absolute atomic E-state index is 11.4. The van der Waals surface area contributed by atoms with Gasteiger partial charge in [0.25, 0.3) is 0 Å². The van der Waals surface area contributed by atoms with E-state index in [0.29, 0.717) is 21.6 Å². The maximum Gasteiger partial charge on any atom is 0.250 e. The van der Waals surface area contributed by atoms with Crippen molar-refractivity contribution in [3.05, 3.63) is 23.2 Å². The van der Waals surface area contributed by atoms with Crippen molar-refractivity contribution in [2.45, 2.75) is 0 Å². The minimum absolute atomic E-state index is 0.0427. The number of ether oxygens (including phenoxy) is 1. The first-order valence-electron chi connectivity index (χ1n) is 5.46. The number of nitrogens with one attached hydrogen (secondary N) is 2. The van der Waals surface area contributed by atoms with Gasteiger partial charge in [-0.25, -0.2) is 4.99 Å². The van der Waals surface area contributed by atoms with Gasteiger partial charge in [-0.1, -0.05) is 23.4 Å². The third kappa shape index (κ3) is 5.09. The first kappa shape index (κ1) is 16.3. The molecule has 0 fully saturated rings. The molecule has 0 atom stereocenters. The summed E-state index contributed by atoms with van der Waals surface area (Å²) < 4.78 is 4.71. The third-order valence-electron chi connectivity index (χ3n) is 2.09. The van der Waals surface area contributed by atoms with Crippen molar-refractivity contribution in [1.82, 2.24) is 5.32 Å². The Morgan fingerprint density at radius 2 is 2.35 bits per heavy atom. The molecule has 0 aromatic heterocycles. The summed E-state index contributed by atoms with van der Waals surface area (Å²) >= 11 is 7.36. The van der Waals surface area contributed by atoms with E-state index >= 15 is 0 Å². The molecule has 0 heterocycles. The average Bonchev–Trinajstić information content (AvgIpc) is 2.41. The van der Waals surface area contributed by atoms with E-state index in [4.69, 9.17) is 21.6 Å². The summed E-state index contributed by atoms with van der Waals surface area (Å²) in [6.45, 7) is -0.0427. The number of nitriles is 1. The number of carbonyl (C=O) groups is 1. The fourth-order valence-corrected chi connectivity index (χ4v) is 1.85. The number of amidine groups is 1. The quantitative estimate of drug-likeness (QED) is 0.386. The van der Waals surface area contributed by atoms with Crippen molar-refractivity contribution >= 4 is 45.8 Å². The maximum atomic E-state index is 11.4. The average molecular weight is 313 g/mol. The summed E-state index contributed by atoms with van der Waals surface area (Å²) in [5.74, 6) is -0.290. The van der Waals surface area contributed by atoms with E-state index in [9.17, 15) is 4.79 Å². The second-order valence-corrected chi connectivity index (χ2v) is 4.71. The van der Waals surface area contributed by atoms with E-state index in [-0.39, 0.29) is 12.5 Å². The van der Waals surface area contributed by atoms with Crippen molar-refractivity contribution in [2.75, 3.05) is 25.3 Å². The highest BCUT2D eigenvalue weighted by molar-refractivity contribution is 8.13. The fourth-order valence-electron chi connectivity index (χ4n) is 1.28. The Labute approximate surface area is 126 Å². The summed E-state index contributed by atoms with van der Waals surface area (Å²) in [6.07, 6.45) is 3.60. The second-order valence-electron chi connectivity index (χ2n) is 3.50. The van der Waals surface area contributed by atoms with Crippen LogP contribution in [0.3, 0.4) is 0 Å². The summed E-state index contributed by atoms with van der Waals surface area (Å²) in [7, 11) is 1.44. The van der Waals surface area contributed by atoms with Gasteiger partial charge in [-0.3, -0.25) is 10.1 Å². The summed E-state index contributed by atoms with van der Waals surface area (Å²) in [6, 6.07) is 4.92. The van der Waals surface area contributed by atoms with Gasteiger partial charge in [0.1, 0.15) is 6.61 Å². The molecule has 1 amide bonds. The van der Waals surface area contributed by atoms with Crippen LogP contribution >= 0.6 is 23.4 Å². The molecule has 6 nitrogen and oxygen atoms in total. The van der Waals surface area contributed by atoms with E-state index in [0.717, 1.165) is 0 Å². The molecule has 1 aromatic carbocycles. The molecule has 0 saturated carbocycles. The molecule has 0 radical (unpaired) electrons. The highest BCUT2D eigenvalue weighted by atomic mass is 35.5. The minimum atomic E-state index is -0.290. The normalized spacial score (nSPS) is 10.8. The van der Waals surface area contributed by atoms with Gasteiger partial charge in [-0.2, -0.15) is 5.26 Å². The monoisotopic (exact) mass is 312 g/mol. The SMILES string of the molecule is COCC(=O)Nc1ccc(N=C(NC#N)SC)cc1Cl. The number of nitrogens with zero attached hydrogens (tertiary/aromatic N) is 2. The van der Waals surface area contributed by atoms with Gasteiger partial charge >= 0.3 is 0 Å². The predicted molar refractivity (Wildman–Crippen MR) is 81.3 cm³/mol. The Bertz CT molecular complexity index is 557. The fraction of sp³-hybridized carbons (Fsp3) is 0.250. The van der Waals surface area contributed by atoms with E-state index in [1.807, 2.05) is 0 Å². The predicted octanol–water partition coefficient (Wildman–Crippen LogP) is 2.35. The summed E-state index contributed by atoms with van der Waals surface area (Å²) in [5, 5.41) is 14.4. The molecule has 8 heteroatoms. The number of thioether (sulfide) groups is 1. The Hall–Kier alpha value is -1.75. The number of amides is 1. The number of methoxy groups -OCH3 is 1. The Morgan fingerprint density at radius 1 is 1.60 bits per heavy atom. The Morgan fingerprint density at radius 3 is 2.90 bits per heavy atom. The summed E-state index contributed by atoms with van der Waals surface area (Å²) in [4.78, 5) is 15.6. The zero-order valence-corrected chi connectivity index (χ0v) is 12.5. The number of halogens is 1. The Kier molecular flexibility index (Phi) is 6.87. The third-order valence-corrected chi connectivity index (χ3v) is 2.98. The van der Waals surface area contributed by atoms with Crippen molar-refractivity contribution in [2.24, 2.45) is 4.99 Å². The number of hydrogen-bond donors (Lipinski definition) is 2. The highest BCUT2D eigenvalue weighted by Gasteiger charge is 2.06. The number of anilines is 1. The number of aliphatic imine (C=N–C) groups is 1. The van der Waals surface area contributed by atoms with Crippen molar-refractivity contribution in [1.29, 1.82) is 5.26 Å². The van der Waals surface area contributed by atoms with Crippen LogP contribution in [0.1, 0.15) is 0 Å². The lowest BCUT2D eigenvalue weighted by atomic mass is 10.3. The number of benzene rings is 1. The van der Waals surface area contributed by atoms with Crippen LogP contribution in [0.2, 0.25) is 5.02 Å². The molecular formula is C12H13ClN4O2S. The Balaban J connectivity index is 2.88. The topological polar surface area (TPSA) is 86.5 Å². The number of carbonyl (C=O) groups excluding carboxylic acids is 1. The first-order chi connectivity index (χ1) is 9.60. The molecule has 0 aliphatic rings. The number of rotatable bonds is 4. The second kappa shape index (κ2) is 8.43. The molecule has 0 unspecified atom stereocenters. The minimum Gasteiger partial charge on any atom is -0.375 e. The van der Waals surface area contributed by atoms with Gasteiger partial charge in [-0.15, -0.1) is 0 Å². The molecule has 0 spiro atoms. The molecule has 20 heavy (non-hydrogen) atoms. The molecule has 1 aromatic rings. The standard InChI is InChI=1S/C12H13ClN4O2S/c1-19-6-11(18)17-10-4-3-8(5-9(10)13)16-12(20-2)15-7-14/h3-5H,6H2,1-2H3,(H,15,16)(H,17,18). The highest BCUT2D eigenvalue weighted by Crippen LogP contribution is 2.27. The van der Waals surface area contributed by atoms with E-state index in [1.54, 1.807) is 30.6 Å². The van der Waals surface area contributed by atoms with Crippen LogP contribution in [-0.2, 0) is 9.53 Å². The van der Waals surface area contributed by atoms with Crippen molar-refractivity contribution in [3.8, 4) is 6.19 Å². The van der Waals surface area contributed by atoms with E-state index < -0.39 is 0 Å².